The molecule has 1 N–H and O–H groups in total. The van der Waals surface area contributed by atoms with Crippen molar-refractivity contribution in [1.82, 2.24) is 14.9 Å². The van der Waals surface area contributed by atoms with E-state index in [0.29, 0.717) is 37.4 Å². The highest BCUT2D eigenvalue weighted by atomic mass is 16.5. The lowest BCUT2D eigenvalue weighted by Crippen LogP contribution is -2.37. The minimum Gasteiger partial charge on any atom is -0.483 e. The summed E-state index contributed by atoms with van der Waals surface area (Å²) < 4.78 is 5.74. The summed E-state index contributed by atoms with van der Waals surface area (Å²) >= 11 is 0. The first kappa shape index (κ1) is 18.9. The second kappa shape index (κ2) is 7.82. The van der Waals surface area contributed by atoms with E-state index in [2.05, 4.69) is 9.97 Å². The van der Waals surface area contributed by atoms with Crippen molar-refractivity contribution in [2.75, 3.05) is 38.7 Å². The third kappa shape index (κ3) is 4.13. The molecule has 0 saturated heterocycles. The Labute approximate surface area is 159 Å². The summed E-state index contributed by atoms with van der Waals surface area (Å²) in [5.41, 5.74) is 3.50. The van der Waals surface area contributed by atoms with Crippen LogP contribution < -0.4 is 15.2 Å². The fourth-order valence-corrected chi connectivity index (χ4v) is 3.17. The zero-order valence-corrected chi connectivity index (χ0v) is 16.3. The Balaban J connectivity index is 1.67. The number of aromatic amines is 1. The van der Waals surface area contributed by atoms with E-state index in [1.807, 2.05) is 46.1 Å². The average molecular weight is 370 g/mol. The van der Waals surface area contributed by atoms with E-state index in [1.165, 1.54) is 0 Å². The number of anilines is 1. The molecule has 2 heterocycles. The number of nitrogens with zero attached hydrogens (tertiary/aromatic N) is 3. The molecule has 0 radical (unpaired) electrons. The maximum atomic E-state index is 12.6. The number of hydrogen-bond acceptors (Lipinski definition) is 5. The van der Waals surface area contributed by atoms with Crippen molar-refractivity contribution in [3.63, 3.8) is 0 Å². The summed E-state index contributed by atoms with van der Waals surface area (Å²) in [4.78, 5) is 35.8. The summed E-state index contributed by atoms with van der Waals surface area (Å²) in [6.45, 7) is 5.02. The Morgan fingerprint density at radius 2 is 2.00 bits per heavy atom. The molecule has 0 saturated carbocycles. The molecule has 0 fully saturated rings. The van der Waals surface area contributed by atoms with E-state index in [9.17, 15) is 9.59 Å². The monoisotopic (exact) mass is 370 g/mol. The van der Waals surface area contributed by atoms with Crippen molar-refractivity contribution in [3.8, 4) is 5.75 Å². The summed E-state index contributed by atoms with van der Waals surface area (Å²) in [7, 11) is 3.67. The molecule has 2 aromatic rings. The molecule has 144 valence electrons. The van der Waals surface area contributed by atoms with Crippen LogP contribution in [0.1, 0.15) is 22.4 Å². The Kier molecular flexibility index (Phi) is 5.48. The van der Waals surface area contributed by atoms with Crippen LogP contribution in [-0.2, 0) is 17.6 Å². The van der Waals surface area contributed by atoms with Gasteiger partial charge in [0, 0.05) is 39.2 Å². The Bertz CT molecular complexity index is 905. The maximum absolute atomic E-state index is 12.6. The van der Waals surface area contributed by atoms with E-state index >= 15 is 0 Å². The van der Waals surface area contributed by atoms with Crippen molar-refractivity contribution >= 4 is 11.9 Å². The topological polar surface area (TPSA) is 78.5 Å². The Morgan fingerprint density at radius 3 is 2.74 bits per heavy atom. The van der Waals surface area contributed by atoms with Gasteiger partial charge in [0.1, 0.15) is 5.75 Å². The molecule has 3 rings (SSSR count). The molecule has 0 unspecified atom stereocenters. The fourth-order valence-electron chi connectivity index (χ4n) is 3.17. The molecule has 1 aliphatic heterocycles. The summed E-state index contributed by atoms with van der Waals surface area (Å²) in [5, 5.41) is 0. The zero-order valence-electron chi connectivity index (χ0n) is 16.3. The molecular formula is C20H26N4O3. The number of hydrogen-bond donors (Lipinski definition) is 1. The molecule has 1 aromatic heterocycles. The first-order chi connectivity index (χ1) is 12.9. The number of fused-ring (bicyclic) bond motifs is 1. The molecule has 27 heavy (non-hydrogen) atoms. The van der Waals surface area contributed by atoms with Gasteiger partial charge in [-0.3, -0.25) is 14.6 Å². The van der Waals surface area contributed by atoms with Crippen molar-refractivity contribution in [2.45, 2.75) is 26.7 Å². The van der Waals surface area contributed by atoms with Gasteiger partial charge in [-0.1, -0.05) is 12.1 Å². The number of carbonyl (C=O) groups is 1. The van der Waals surface area contributed by atoms with Crippen LogP contribution in [0.25, 0.3) is 0 Å². The van der Waals surface area contributed by atoms with Crippen LogP contribution in [0.5, 0.6) is 5.75 Å². The highest BCUT2D eigenvalue weighted by molar-refractivity contribution is 5.78. The van der Waals surface area contributed by atoms with Crippen molar-refractivity contribution in [2.24, 2.45) is 0 Å². The molecule has 0 aliphatic carbocycles. The predicted molar refractivity (Wildman–Crippen MR) is 105 cm³/mol. The Hall–Kier alpha value is -2.83. The van der Waals surface area contributed by atoms with Gasteiger partial charge in [0.05, 0.1) is 5.69 Å². The van der Waals surface area contributed by atoms with Crippen LogP contribution in [0.15, 0.2) is 23.0 Å². The standard InChI is InChI=1S/C20H26N4O3/c1-13-6-5-7-17(14(13)2)27-12-18(25)24-10-8-15-16(9-11-24)21-20(23(3)4)22-19(15)26/h5-7H,8-12H2,1-4H3,(H,21,22,26). The SMILES string of the molecule is Cc1cccc(OCC(=O)N2CCc3nc(N(C)C)[nH]c(=O)c3CC2)c1C. The van der Waals surface area contributed by atoms with Gasteiger partial charge in [0.2, 0.25) is 5.95 Å². The average Bonchev–Trinajstić information content (AvgIpc) is 2.85. The summed E-state index contributed by atoms with van der Waals surface area (Å²) in [6.07, 6.45) is 1.07. The largest absolute Gasteiger partial charge is 0.483 e. The number of aryl methyl sites for hydroxylation is 1. The molecule has 1 aromatic carbocycles. The maximum Gasteiger partial charge on any atom is 0.260 e. The fraction of sp³-hybridized carbons (Fsp3) is 0.450. The van der Waals surface area contributed by atoms with Crippen LogP contribution in [0.3, 0.4) is 0 Å². The summed E-state index contributed by atoms with van der Waals surface area (Å²) in [6, 6.07) is 5.81. The lowest BCUT2D eigenvalue weighted by atomic mass is 10.1. The number of benzene rings is 1. The van der Waals surface area contributed by atoms with Crippen molar-refractivity contribution < 1.29 is 9.53 Å². The molecule has 0 bridgehead atoms. The highest BCUT2D eigenvalue weighted by Gasteiger charge is 2.22. The number of aromatic nitrogens is 2. The van der Waals surface area contributed by atoms with Gasteiger partial charge in [-0.2, -0.15) is 0 Å². The van der Waals surface area contributed by atoms with E-state index in [0.717, 1.165) is 22.6 Å². The minimum absolute atomic E-state index is 0.00658. The molecule has 7 nitrogen and oxygen atoms in total. The smallest absolute Gasteiger partial charge is 0.260 e. The number of nitrogens with one attached hydrogen (secondary N) is 1. The van der Waals surface area contributed by atoms with Gasteiger partial charge in [-0.25, -0.2) is 4.98 Å². The minimum atomic E-state index is -0.121. The van der Waals surface area contributed by atoms with E-state index in [1.54, 1.807) is 9.80 Å². The van der Waals surface area contributed by atoms with Crippen molar-refractivity contribution in [1.29, 1.82) is 0 Å². The molecule has 1 amide bonds. The number of ether oxygens (including phenoxy) is 1. The first-order valence-electron chi connectivity index (χ1n) is 9.13. The number of carbonyl (C=O) groups excluding carboxylic acids is 1. The quantitative estimate of drug-likeness (QED) is 0.882. The van der Waals surface area contributed by atoms with Crippen LogP contribution in [0.4, 0.5) is 5.95 Å². The van der Waals surface area contributed by atoms with Gasteiger partial charge in [-0.15, -0.1) is 0 Å². The third-order valence-electron chi connectivity index (χ3n) is 5.02. The van der Waals surface area contributed by atoms with Crippen LogP contribution >= 0.6 is 0 Å². The van der Waals surface area contributed by atoms with Gasteiger partial charge in [0.15, 0.2) is 6.61 Å². The number of rotatable bonds is 4. The van der Waals surface area contributed by atoms with Crippen LogP contribution in [0, 0.1) is 13.8 Å². The molecule has 1 aliphatic rings. The second-order valence-electron chi connectivity index (χ2n) is 7.08. The van der Waals surface area contributed by atoms with Crippen LogP contribution in [0.2, 0.25) is 0 Å². The second-order valence-corrected chi connectivity index (χ2v) is 7.08. The lowest BCUT2D eigenvalue weighted by molar-refractivity contribution is -0.133. The van der Waals surface area contributed by atoms with Gasteiger partial charge in [-0.05, 0) is 37.5 Å². The molecule has 0 spiro atoms. The van der Waals surface area contributed by atoms with Crippen molar-refractivity contribution in [3.05, 3.63) is 50.9 Å². The summed E-state index contributed by atoms with van der Waals surface area (Å²) in [5.74, 6) is 1.19. The van der Waals surface area contributed by atoms with Gasteiger partial charge >= 0.3 is 0 Å². The molecular weight excluding hydrogens is 344 g/mol. The number of H-pyrrole nitrogens is 1. The van der Waals surface area contributed by atoms with E-state index < -0.39 is 0 Å². The molecule has 7 heteroatoms. The van der Waals surface area contributed by atoms with Gasteiger partial charge in [0.25, 0.3) is 11.5 Å². The van der Waals surface area contributed by atoms with Gasteiger partial charge < -0.3 is 14.5 Å². The van der Waals surface area contributed by atoms with Crippen LogP contribution in [-0.4, -0.2) is 54.6 Å². The molecule has 0 atom stereocenters. The lowest BCUT2D eigenvalue weighted by Gasteiger charge is -2.20. The first-order valence-corrected chi connectivity index (χ1v) is 9.13. The van der Waals surface area contributed by atoms with E-state index in [4.69, 9.17) is 4.74 Å². The zero-order chi connectivity index (χ0) is 19.6. The third-order valence-corrected chi connectivity index (χ3v) is 5.02. The normalized spacial score (nSPS) is 13.7. The predicted octanol–water partition coefficient (Wildman–Crippen LogP) is 1.46. The number of amides is 1. The highest BCUT2D eigenvalue weighted by Crippen LogP contribution is 2.20. The van der Waals surface area contributed by atoms with E-state index in [-0.39, 0.29) is 18.1 Å². The Morgan fingerprint density at radius 1 is 1.26 bits per heavy atom.